The molecule has 1 aliphatic heterocycles. The van der Waals surface area contributed by atoms with Crippen molar-refractivity contribution in [3.63, 3.8) is 0 Å². The van der Waals surface area contributed by atoms with Crippen molar-refractivity contribution in [2.24, 2.45) is 0 Å². The highest BCUT2D eigenvalue weighted by Gasteiger charge is 2.34. The summed E-state index contributed by atoms with van der Waals surface area (Å²) in [6, 6.07) is 17.2. The number of hydrogen-bond donors (Lipinski definition) is 0. The van der Waals surface area contributed by atoms with Crippen molar-refractivity contribution in [3.05, 3.63) is 70.8 Å². The topological polar surface area (TPSA) is 20.3 Å². The molecule has 0 saturated heterocycles. The molecule has 130 valence electrons. The van der Waals surface area contributed by atoms with Crippen molar-refractivity contribution in [3.8, 4) is 0 Å². The van der Waals surface area contributed by atoms with Crippen LogP contribution in [0, 0.1) is 13.8 Å². The molecular weight excluding hydrogens is 306 g/mol. The maximum Gasteiger partial charge on any atom is 0.255 e. The van der Waals surface area contributed by atoms with Crippen LogP contribution in [0.5, 0.6) is 0 Å². The highest BCUT2D eigenvalue weighted by atomic mass is 16.2. The van der Waals surface area contributed by atoms with E-state index in [0.29, 0.717) is 0 Å². The fourth-order valence-corrected chi connectivity index (χ4v) is 3.89. The van der Waals surface area contributed by atoms with Crippen molar-refractivity contribution in [1.29, 1.82) is 0 Å². The Morgan fingerprint density at radius 2 is 1.52 bits per heavy atom. The van der Waals surface area contributed by atoms with Crippen molar-refractivity contribution in [2.75, 3.05) is 0 Å². The summed E-state index contributed by atoms with van der Waals surface area (Å²) in [5, 5.41) is 0. The molecule has 2 nitrogen and oxygen atoms in total. The predicted octanol–water partition coefficient (Wildman–Crippen LogP) is 5.24. The number of carbonyl (C=O) groups is 1. The predicted molar refractivity (Wildman–Crippen MR) is 105 cm³/mol. The Morgan fingerprint density at radius 1 is 0.960 bits per heavy atom. The Labute approximate surface area is 151 Å². The fraction of sp³-hybridized carbons (Fsp3) is 0.348. The number of amides is 1. The molecule has 0 aromatic heterocycles. The summed E-state index contributed by atoms with van der Waals surface area (Å²) in [7, 11) is 0. The summed E-state index contributed by atoms with van der Waals surface area (Å²) in [6.45, 7) is 10.5. The molecule has 0 fully saturated rings. The monoisotopic (exact) mass is 333 g/mol. The highest BCUT2D eigenvalue weighted by molar-refractivity contribution is 6.28. The van der Waals surface area contributed by atoms with Crippen LogP contribution in [0.4, 0.5) is 0 Å². The molecule has 1 atom stereocenters. The van der Waals surface area contributed by atoms with E-state index in [9.17, 15) is 4.79 Å². The summed E-state index contributed by atoms with van der Waals surface area (Å²) in [5.41, 5.74) is 6.63. The molecule has 0 N–H and O–H groups in total. The van der Waals surface area contributed by atoms with Crippen LogP contribution in [-0.4, -0.2) is 22.9 Å². The van der Waals surface area contributed by atoms with Crippen LogP contribution in [0.1, 0.15) is 49.4 Å². The van der Waals surface area contributed by atoms with Crippen molar-refractivity contribution < 1.29 is 4.79 Å². The number of carbonyl (C=O) groups excluding carboxylic acids is 1. The molecule has 0 aliphatic carbocycles. The van der Waals surface area contributed by atoms with E-state index >= 15 is 0 Å². The maximum atomic E-state index is 13.4. The third-order valence-electron chi connectivity index (χ3n) is 4.95. The van der Waals surface area contributed by atoms with Gasteiger partial charge in [0, 0.05) is 12.1 Å². The molecule has 0 radical (unpaired) electrons. The van der Waals surface area contributed by atoms with Crippen molar-refractivity contribution in [2.45, 2.75) is 53.1 Å². The summed E-state index contributed by atoms with van der Waals surface area (Å²) >= 11 is 0. The summed E-state index contributed by atoms with van der Waals surface area (Å²) in [5.74, 6) is 0.149. The average Bonchev–Trinajstić information content (AvgIpc) is 2.54. The lowest BCUT2D eigenvalue weighted by molar-refractivity contribution is -0.129. The lowest BCUT2D eigenvalue weighted by atomic mass is 9.84. The largest absolute Gasteiger partial charge is 0.333 e. The second-order valence-corrected chi connectivity index (χ2v) is 7.45. The third-order valence-corrected chi connectivity index (χ3v) is 4.95. The number of aryl methyl sites for hydroxylation is 2. The lowest BCUT2D eigenvalue weighted by Crippen LogP contribution is -2.46. The van der Waals surface area contributed by atoms with Crippen molar-refractivity contribution in [1.82, 2.24) is 4.90 Å². The molecule has 2 heteroatoms. The van der Waals surface area contributed by atoms with Gasteiger partial charge >= 0.3 is 0 Å². The molecule has 25 heavy (non-hydrogen) atoms. The standard InChI is InChI=1S/C23H27NO/c1-15(2)24-18(5)14-21(19-10-6-8-16(3)12-19)22(23(24)25)20-11-7-9-17(4)13-20/h6-13,15,18H,14H2,1-5H3/t18-/m1/s1. The van der Waals surface area contributed by atoms with Gasteiger partial charge in [-0.25, -0.2) is 0 Å². The first kappa shape index (κ1) is 17.5. The molecule has 0 spiro atoms. The lowest BCUT2D eigenvalue weighted by Gasteiger charge is -2.39. The minimum Gasteiger partial charge on any atom is -0.333 e. The van der Waals surface area contributed by atoms with Gasteiger partial charge < -0.3 is 4.90 Å². The zero-order valence-electron chi connectivity index (χ0n) is 15.8. The van der Waals surface area contributed by atoms with Gasteiger partial charge in [-0.05, 0) is 57.7 Å². The van der Waals surface area contributed by atoms with Gasteiger partial charge in [0.2, 0.25) is 0 Å². The zero-order chi connectivity index (χ0) is 18.1. The van der Waals surface area contributed by atoms with Crippen LogP contribution < -0.4 is 0 Å². The highest BCUT2D eigenvalue weighted by Crippen LogP contribution is 2.38. The van der Waals surface area contributed by atoms with E-state index in [1.54, 1.807) is 0 Å². The van der Waals surface area contributed by atoms with Crippen LogP contribution in [0.3, 0.4) is 0 Å². The molecule has 1 aliphatic rings. The molecule has 1 heterocycles. The van der Waals surface area contributed by atoms with Gasteiger partial charge in [0.15, 0.2) is 0 Å². The minimum absolute atomic E-state index is 0.149. The minimum atomic E-state index is 0.149. The van der Waals surface area contributed by atoms with E-state index < -0.39 is 0 Å². The third kappa shape index (κ3) is 3.39. The van der Waals surface area contributed by atoms with E-state index in [4.69, 9.17) is 0 Å². The molecule has 2 aromatic rings. The van der Waals surface area contributed by atoms with Gasteiger partial charge in [0.05, 0.1) is 5.57 Å². The second kappa shape index (κ2) is 6.87. The van der Waals surface area contributed by atoms with Crippen LogP contribution in [0.15, 0.2) is 48.5 Å². The zero-order valence-corrected chi connectivity index (χ0v) is 15.8. The summed E-state index contributed by atoms with van der Waals surface area (Å²) < 4.78 is 0. The Morgan fingerprint density at radius 3 is 2.08 bits per heavy atom. The maximum absolute atomic E-state index is 13.4. The van der Waals surface area contributed by atoms with Gasteiger partial charge in [0.25, 0.3) is 5.91 Å². The fourth-order valence-electron chi connectivity index (χ4n) is 3.89. The molecule has 3 rings (SSSR count). The van der Waals surface area contributed by atoms with E-state index in [1.807, 2.05) is 11.0 Å². The second-order valence-electron chi connectivity index (χ2n) is 7.45. The Kier molecular flexibility index (Phi) is 4.80. The molecule has 0 bridgehead atoms. The SMILES string of the molecule is Cc1cccc(C2=C(c3cccc(C)c3)C(=O)N(C(C)C)[C@H](C)C2)c1. The number of rotatable bonds is 3. The van der Waals surface area contributed by atoms with Crippen LogP contribution in [-0.2, 0) is 4.79 Å². The summed E-state index contributed by atoms with van der Waals surface area (Å²) in [4.78, 5) is 15.5. The van der Waals surface area contributed by atoms with Gasteiger partial charge in [-0.1, -0.05) is 59.7 Å². The van der Waals surface area contributed by atoms with E-state index in [1.165, 1.54) is 22.3 Å². The first-order chi connectivity index (χ1) is 11.9. The number of benzene rings is 2. The van der Waals surface area contributed by atoms with Crippen LogP contribution >= 0.6 is 0 Å². The first-order valence-corrected chi connectivity index (χ1v) is 9.08. The van der Waals surface area contributed by atoms with E-state index in [-0.39, 0.29) is 18.0 Å². The molecule has 0 saturated carbocycles. The molecule has 2 aromatic carbocycles. The van der Waals surface area contributed by atoms with Gasteiger partial charge in [0.1, 0.15) is 0 Å². The van der Waals surface area contributed by atoms with E-state index in [0.717, 1.165) is 17.6 Å². The summed E-state index contributed by atoms with van der Waals surface area (Å²) in [6.07, 6.45) is 0.886. The molecular formula is C23H27NO. The Bertz CT molecular complexity index is 831. The Hall–Kier alpha value is -2.35. The van der Waals surface area contributed by atoms with Gasteiger partial charge in [-0.15, -0.1) is 0 Å². The quantitative estimate of drug-likeness (QED) is 0.752. The molecule has 0 unspecified atom stereocenters. The average molecular weight is 333 g/mol. The first-order valence-electron chi connectivity index (χ1n) is 9.08. The van der Waals surface area contributed by atoms with Gasteiger partial charge in [-0.2, -0.15) is 0 Å². The van der Waals surface area contributed by atoms with Crippen molar-refractivity contribution >= 4 is 17.1 Å². The Balaban J connectivity index is 2.24. The smallest absolute Gasteiger partial charge is 0.255 e. The normalized spacial score (nSPS) is 18.2. The van der Waals surface area contributed by atoms with Crippen LogP contribution in [0.2, 0.25) is 0 Å². The van der Waals surface area contributed by atoms with Gasteiger partial charge in [-0.3, -0.25) is 4.79 Å². The number of hydrogen-bond acceptors (Lipinski definition) is 1. The number of nitrogens with zero attached hydrogens (tertiary/aromatic N) is 1. The molecule has 1 amide bonds. The van der Waals surface area contributed by atoms with Crippen LogP contribution in [0.25, 0.3) is 11.1 Å². The van der Waals surface area contributed by atoms with E-state index in [2.05, 4.69) is 77.1 Å².